The molecule has 2 rings (SSSR count). The number of carbonyl (C=O) groups excluding carboxylic acids is 1. The molecule has 0 saturated heterocycles. The number of hydrogen-bond donors (Lipinski definition) is 3. The van der Waals surface area contributed by atoms with E-state index >= 15 is 0 Å². The summed E-state index contributed by atoms with van der Waals surface area (Å²) in [5.41, 5.74) is 3.30. The van der Waals surface area contributed by atoms with Crippen LogP contribution in [0.2, 0.25) is 0 Å². The van der Waals surface area contributed by atoms with Gasteiger partial charge in [0.1, 0.15) is 0 Å². The predicted molar refractivity (Wildman–Crippen MR) is 80.4 cm³/mol. The number of aryl methyl sites for hydroxylation is 1. The molecular weight excluding hydrogens is 274 g/mol. The molecule has 2 unspecified atom stereocenters. The summed E-state index contributed by atoms with van der Waals surface area (Å²) in [5, 5.41) is 10.1. The molecule has 0 radical (unpaired) electrons. The zero-order valence-corrected chi connectivity index (χ0v) is 12.9. The Bertz CT molecular complexity index is 475. The Hall–Kier alpha value is -0.950. The molecular formula is C14H23N3O2S. The standard InChI is InChI=1S/C14H23N3O2S/c1-9-10(7-13(20-9)14(19)16-15)8-17(2)11-5-3-4-6-12(11)18/h7,11-12,18H,3-6,8,15H2,1-2H3,(H,16,19). The summed E-state index contributed by atoms with van der Waals surface area (Å²) in [4.78, 5) is 15.5. The highest BCUT2D eigenvalue weighted by molar-refractivity contribution is 7.14. The van der Waals surface area contributed by atoms with Gasteiger partial charge in [-0.2, -0.15) is 0 Å². The van der Waals surface area contributed by atoms with Gasteiger partial charge in [0.15, 0.2) is 0 Å². The van der Waals surface area contributed by atoms with Gasteiger partial charge in [-0.1, -0.05) is 12.8 Å². The average Bonchev–Trinajstić information content (AvgIpc) is 2.79. The number of amides is 1. The van der Waals surface area contributed by atoms with Crippen LogP contribution in [0.3, 0.4) is 0 Å². The smallest absolute Gasteiger partial charge is 0.275 e. The minimum atomic E-state index is -0.246. The molecule has 112 valence electrons. The number of rotatable bonds is 4. The molecule has 0 aliphatic heterocycles. The van der Waals surface area contributed by atoms with Crippen molar-refractivity contribution >= 4 is 17.2 Å². The molecule has 2 atom stereocenters. The van der Waals surface area contributed by atoms with E-state index in [1.807, 2.05) is 20.0 Å². The first kappa shape index (κ1) is 15.4. The van der Waals surface area contributed by atoms with Crippen LogP contribution in [0.25, 0.3) is 0 Å². The molecule has 6 heteroatoms. The van der Waals surface area contributed by atoms with Crippen molar-refractivity contribution in [1.29, 1.82) is 0 Å². The lowest BCUT2D eigenvalue weighted by Gasteiger charge is -2.35. The fraction of sp³-hybridized carbons (Fsp3) is 0.643. The van der Waals surface area contributed by atoms with Crippen molar-refractivity contribution in [1.82, 2.24) is 10.3 Å². The second kappa shape index (κ2) is 6.67. The first-order valence-electron chi connectivity index (χ1n) is 7.01. The quantitative estimate of drug-likeness (QED) is 0.446. The van der Waals surface area contributed by atoms with Crippen molar-refractivity contribution in [3.63, 3.8) is 0 Å². The van der Waals surface area contributed by atoms with Crippen LogP contribution >= 0.6 is 11.3 Å². The molecule has 1 heterocycles. The number of nitrogens with zero attached hydrogens (tertiary/aromatic N) is 1. The van der Waals surface area contributed by atoms with Crippen molar-refractivity contribution in [3.8, 4) is 0 Å². The van der Waals surface area contributed by atoms with E-state index < -0.39 is 0 Å². The topological polar surface area (TPSA) is 78.6 Å². The van der Waals surface area contributed by atoms with Gasteiger partial charge in [0, 0.05) is 17.5 Å². The van der Waals surface area contributed by atoms with E-state index in [1.54, 1.807) is 0 Å². The van der Waals surface area contributed by atoms with Crippen LogP contribution in [-0.4, -0.2) is 35.1 Å². The summed E-state index contributed by atoms with van der Waals surface area (Å²) in [6, 6.07) is 2.11. The van der Waals surface area contributed by atoms with Gasteiger partial charge < -0.3 is 5.11 Å². The van der Waals surface area contributed by atoms with Gasteiger partial charge in [-0.05, 0) is 38.4 Å². The van der Waals surface area contributed by atoms with Gasteiger partial charge in [-0.3, -0.25) is 15.1 Å². The highest BCUT2D eigenvalue weighted by atomic mass is 32.1. The number of thiophene rings is 1. The molecule has 1 aliphatic carbocycles. The van der Waals surface area contributed by atoms with E-state index in [1.165, 1.54) is 17.8 Å². The molecule has 4 N–H and O–H groups in total. The molecule has 20 heavy (non-hydrogen) atoms. The fourth-order valence-electron chi connectivity index (χ4n) is 2.85. The van der Waals surface area contributed by atoms with Crippen LogP contribution in [0.1, 0.15) is 45.8 Å². The minimum Gasteiger partial charge on any atom is -0.391 e. The molecule has 1 aliphatic rings. The molecule has 1 aromatic rings. The van der Waals surface area contributed by atoms with Crippen LogP contribution in [0.5, 0.6) is 0 Å². The van der Waals surface area contributed by atoms with Gasteiger partial charge in [-0.25, -0.2) is 5.84 Å². The Morgan fingerprint density at radius 1 is 1.55 bits per heavy atom. The number of aliphatic hydroxyl groups is 1. The van der Waals surface area contributed by atoms with Crippen LogP contribution in [0.4, 0.5) is 0 Å². The van der Waals surface area contributed by atoms with Gasteiger partial charge in [-0.15, -0.1) is 11.3 Å². The maximum absolute atomic E-state index is 11.5. The van der Waals surface area contributed by atoms with Crippen LogP contribution in [0.15, 0.2) is 6.07 Å². The molecule has 1 aromatic heterocycles. The van der Waals surface area contributed by atoms with Crippen molar-refractivity contribution in [3.05, 3.63) is 21.4 Å². The first-order chi connectivity index (χ1) is 9.52. The van der Waals surface area contributed by atoms with E-state index in [9.17, 15) is 9.90 Å². The maximum atomic E-state index is 11.5. The summed E-state index contributed by atoms with van der Waals surface area (Å²) in [6.45, 7) is 2.76. The van der Waals surface area contributed by atoms with Crippen molar-refractivity contribution < 1.29 is 9.90 Å². The minimum absolute atomic E-state index is 0.217. The third-order valence-corrected chi connectivity index (χ3v) is 5.15. The average molecular weight is 297 g/mol. The van der Waals surface area contributed by atoms with Crippen molar-refractivity contribution in [2.75, 3.05) is 7.05 Å². The fourth-order valence-corrected chi connectivity index (χ4v) is 3.79. The van der Waals surface area contributed by atoms with E-state index in [2.05, 4.69) is 10.3 Å². The number of hydrazine groups is 1. The van der Waals surface area contributed by atoms with Crippen molar-refractivity contribution in [2.24, 2.45) is 5.84 Å². The van der Waals surface area contributed by atoms with Gasteiger partial charge in [0.25, 0.3) is 5.91 Å². The molecule has 5 nitrogen and oxygen atoms in total. The second-order valence-corrected chi connectivity index (χ2v) is 6.76. The Kier molecular flexibility index (Phi) is 5.15. The highest BCUT2D eigenvalue weighted by Gasteiger charge is 2.27. The summed E-state index contributed by atoms with van der Waals surface area (Å²) in [7, 11) is 2.04. The molecule has 0 bridgehead atoms. The zero-order valence-electron chi connectivity index (χ0n) is 12.1. The molecule has 1 fully saturated rings. The lowest BCUT2D eigenvalue weighted by atomic mass is 9.91. The second-order valence-electron chi connectivity index (χ2n) is 5.50. The first-order valence-corrected chi connectivity index (χ1v) is 7.83. The van der Waals surface area contributed by atoms with Crippen LogP contribution < -0.4 is 11.3 Å². The van der Waals surface area contributed by atoms with Crippen molar-refractivity contribution in [2.45, 2.75) is 51.3 Å². The van der Waals surface area contributed by atoms with E-state index in [0.717, 1.165) is 36.2 Å². The third kappa shape index (κ3) is 3.38. The lowest BCUT2D eigenvalue weighted by molar-refractivity contribution is 0.0288. The predicted octanol–water partition coefficient (Wildman–Crippen LogP) is 1.40. The molecule has 1 amide bonds. The molecule has 1 saturated carbocycles. The largest absolute Gasteiger partial charge is 0.391 e. The third-order valence-electron chi connectivity index (χ3n) is 4.06. The van der Waals surface area contributed by atoms with Gasteiger partial charge >= 0.3 is 0 Å². The van der Waals surface area contributed by atoms with Crippen LogP contribution in [0, 0.1) is 6.92 Å². The normalized spacial score (nSPS) is 23.1. The zero-order chi connectivity index (χ0) is 14.7. The Labute approximate surface area is 123 Å². The SMILES string of the molecule is Cc1sc(C(=O)NN)cc1CN(C)C1CCCCC1O. The Morgan fingerprint density at radius 2 is 2.25 bits per heavy atom. The van der Waals surface area contributed by atoms with E-state index in [4.69, 9.17) is 5.84 Å². The summed E-state index contributed by atoms with van der Waals surface area (Å²) in [6.07, 6.45) is 3.98. The summed E-state index contributed by atoms with van der Waals surface area (Å²) in [5.74, 6) is 4.92. The number of nitrogens with two attached hydrogens (primary N) is 1. The maximum Gasteiger partial charge on any atom is 0.275 e. The number of nitrogens with one attached hydrogen (secondary N) is 1. The summed E-state index contributed by atoms with van der Waals surface area (Å²) >= 11 is 1.46. The Balaban J connectivity index is 2.05. The number of aliphatic hydroxyl groups excluding tert-OH is 1. The van der Waals surface area contributed by atoms with E-state index in [0.29, 0.717) is 4.88 Å². The lowest BCUT2D eigenvalue weighted by Crippen LogP contribution is -2.42. The number of likely N-dealkylation sites (N-methyl/N-ethyl adjacent to an activating group) is 1. The number of carbonyl (C=O) groups is 1. The van der Waals surface area contributed by atoms with Gasteiger partial charge in [0.2, 0.25) is 0 Å². The van der Waals surface area contributed by atoms with Gasteiger partial charge in [0.05, 0.1) is 11.0 Å². The molecule has 0 spiro atoms. The molecule has 0 aromatic carbocycles. The highest BCUT2D eigenvalue weighted by Crippen LogP contribution is 2.27. The monoisotopic (exact) mass is 297 g/mol. The number of hydrogen-bond acceptors (Lipinski definition) is 5. The summed E-state index contributed by atoms with van der Waals surface area (Å²) < 4.78 is 0. The van der Waals surface area contributed by atoms with Crippen LogP contribution in [-0.2, 0) is 6.54 Å². The Morgan fingerprint density at radius 3 is 2.90 bits per heavy atom. The number of nitrogen functional groups attached to an aromatic ring is 1. The van der Waals surface area contributed by atoms with E-state index in [-0.39, 0.29) is 18.1 Å².